The third-order valence-corrected chi connectivity index (χ3v) is 3.26. The molecule has 0 radical (unpaired) electrons. The first kappa shape index (κ1) is 13.0. The maximum atomic E-state index is 11.8. The van der Waals surface area contributed by atoms with E-state index in [0.717, 1.165) is 12.0 Å². The molecule has 18 heavy (non-hydrogen) atoms. The van der Waals surface area contributed by atoms with Crippen LogP contribution in [-0.2, 0) is 11.2 Å². The van der Waals surface area contributed by atoms with Crippen molar-refractivity contribution in [3.8, 4) is 0 Å². The lowest BCUT2D eigenvalue weighted by Gasteiger charge is -2.32. The summed E-state index contributed by atoms with van der Waals surface area (Å²) in [7, 11) is 0. The van der Waals surface area contributed by atoms with E-state index in [1.165, 1.54) is 0 Å². The van der Waals surface area contributed by atoms with E-state index >= 15 is 0 Å². The SMILES string of the molecule is O=C(Cc1cccnc1)N[C@@H]1CCC[C@@H](O)[C@@H]1O. The Hall–Kier alpha value is -1.46. The van der Waals surface area contributed by atoms with E-state index in [9.17, 15) is 15.0 Å². The van der Waals surface area contributed by atoms with Gasteiger partial charge in [0.05, 0.1) is 24.7 Å². The monoisotopic (exact) mass is 250 g/mol. The summed E-state index contributed by atoms with van der Waals surface area (Å²) in [5.41, 5.74) is 0.834. The van der Waals surface area contributed by atoms with Crippen LogP contribution in [0, 0.1) is 0 Å². The second-order valence-electron chi connectivity index (χ2n) is 4.70. The van der Waals surface area contributed by atoms with E-state index in [1.807, 2.05) is 6.07 Å². The summed E-state index contributed by atoms with van der Waals surface area (Å²) in [4.78, 5) is 15.7. The first-order chi connectivity index (χ1) is 8.66. The van der Waals surface area contributed by atoms with Crippen LogP contribution in [0.2, 0.25) is 0 Å². The number of nitrogens with one attached hydrogen (secondary N) is 1. The second kappa shape index (κ2) is 5.93. The topological polar surface area (TPSA) is 82.5 Å². The Morgan fingerprint density at radius 1 is 1.44 bits per heavy atom. The van der Waals surface area contributed by atoms with Crippen LogP contribution in [0.15, 0.2) is 24.5 Å². The Labute approximate surface area is 106 Å². The maximum absolute atomic E-state index is 11.8. The average molecular weight is 250 g/mol. The molecule has 1 aromatic rings. The molecule has 1 heterocycles. The van der Waals surface area contributed by atoms with Crippen LogP contribution in [0.1, 0.15) is 24.8 Å². The number of amides is 1. The Morgan fingerprint density at radius 2 is 2.28 bits per heavy atom. The van der Waals surface area contributed by atoms with Crippen molar-refractivity contribution in [2.75, 3.05) is 0 Å². The van der Waals surface area contributed by atoms with E-state index in [0.29, 0.717) is 12.8 Å². The molecular formula is C13H18N2O3. The van der Waals surface area contributed by atoms with Gasteiger partial charge in [0.1, 0.15) is 0 Å². The smallest absolute Gasteiger partial charge is 0.224 e. The zero-order chi connectivity index (χ0) is 13.0. The normalized spacial score (nSPS) is 27.8. The molecule has 0 spiro atoms. The van der Waals surface area contributed by atoms with Crippen LogP contribution in [0.25, 0.3) is 0 Å². The van der Waals surface area contributed by atoms with E-state index in [2.05, 4.69) is 10.3 Å². The third-order valence-electron chi connectivity index (χ3n) is 3.26. The predicted octanol–water partition coefficient (Wildman–Crippen LogP) is 0.0146. The van der Waals surface area contributed by atoms with E-state index in [1.54, 1.807) is 18.5 Å². The number of aliphatic hydroxyl groups excluding tert-OH is 2. The standard InChI is InChI=1S/C13H18N2O3/c16-11-5-1-4-10(13(11)18)15-12(17)7-9-3-2-6-14-8-9/h2-3,6,8,10-11,13,16,18H,1,4-5,7H2,(H,15,17)/t10-,11-,13-/m1/s1. The van der Waals surface area contributed by atoms with Gasteiger partial charge in [0.2, 0.25) is 5.91 Å². The van der Waals surface area contributed by atoms with Crippen molar-refractivity contribution in [2.45, 2.75) is 43.9 Å². The Bertz CT molecular complexity index is 396. The van der Waals surface area contributed by atoms with Crippen molar-refractivity contribution in [3.05, 3.63) is 30.1 Å². The number of rotatable bonds is 3. The molecule has 1 aliphatic carbocycles. The lowest BCUT2D eigenvalue weighted by molar-refractivity contribution is -0.123. The molecule has 98 valence electrons. The van der Waals surface area contributed by atoms with Gasteiger partial charge >= 0.3 is 0 Å². The van der Waals surface area contributed by atoms with E-state index in [4.69, 9.17) is 0 Å². The van der Waals surface area contributed by atoms with E-state index in [-0.39, 0.29) is 18.4 Å². The van der Waals surface area contributed by atoms with Gasteiger partial charge in [-0.05, 0) is 30.9 Å². The summed E-state index contributed by atoms with van der Waals surface area (Å²) in [6.45, 7) is 0. The fraction of sp³-hybridized carbons (Fsp3) is 0.538. The molecule has 3 N–H and O–H groups in total. The lowest BCUT2D eigenvalue weighted by atomic mass is 9.90. The molecule has 0 saturated heterocycles. The number of carbonyl (C=O) groups is 1. The number of pyridine rings is 1. The fourth-order valence-corrected chi connectivity index (χ4v) is 2.26. The van der Waals surface area contributed by atoms with Crippen LogP contribution < -0.4 is 5.32 Å². The van der Waals surface area contributed by atoms with E-state index < -0.39 is 12.2 Å². The van der Waals surface area contributed by atoms with Crippen molar-refractivity contribution in [1.82, 2.24) is 10.3 Å². The summed E-state index contributed by atoms with van der Waals surface area (Å²) >= 11 is 0. The second-order valence-corrected chi connectivity index (χ2v) is 4.70. The zero-order valence-electron chi connectivity index (χ0n) is 10.1. The summed E-state index contributed by atoms with van der Waals surface area (Å²) < 4.78 is 0. The van der Waals surface area contributed by atoms with Gasteiger partial charge in [-0.3, -0.25) is 9.78 Å². The molecule has 1 amide bonds. The predicted molar refractivity (Wildman–Crippen MR) is 65.7 cm³/mol. The molecule has 2 rings (SSSR count). The highest BCUT2D eigenvalue weighted by molar-refractivity contribution is 5.78. The van der Waals surface area contributed by atoms with Crippen LogP contribution in [-0.4, -0.2) is 39.4 Å². The van der Waals surface area contributed by atoms with Crippen LogP contribution >= 0.6 is 0 Å². The first-order valence-corrected chi connectivity index (χ1v) is 6.21. The molecular weight excluding hydrogens is 232 g/mol. The summed E-state index contributed by atoms with van der Waals surface area (Å²) in [5.74, 6) is -0.152. The highest BCUT2D eigenvalue weighted by Crippen LogP contribution is 2.19. The van der Waals surface area contributed by atoms with Gasteiger partial charge in [0.25, 0.3) is 0 Å². The van der Waals surface area contributed by atoms with Gasteiger partial charge in [-0.15, -0.1) is 0 Å². The molecule has 5 heteroatoms. The quantitative estimate of drug-likeness (QED) is 0.706. The number of carbonyl (C=O) groups excluding carboxylic acids is 1. The van der Waals surface area contributed by atoms with Crippen molar-refractivity contribution in [1.29, 1.82) is 0 Å². The van der Waals surface area contributed by atoms with Crippen LogP contribution in [0.4, 0.5) is 0 Å². The number of hydrogen-bond acceptors (Lipinski definition) is 4. The fourth-order valence-electron chi connectivity index (χ4n) is 2.26. The van der Waals surface area contributed by atoms with Gasteiger partial charge < -0.3 is 15.5 Å². The Kier molecular flexibility index (Phi) is 4.28. The molecule has 3 atom stereocenters. The zero-order valence-corrected chi connectivity index (χ0v) is 10.1. The van der Waals surface area contributed by atoms with Gasteiger partial charge in [-0.1, -0.05) is 6.07 Å². The molecule has 1 aromatic heterocycles. The summed E-state index contributed by atoms with van der Waals surface area (Å²) in [5, 5.41) is 22.1. The molecule has 0 unspecified atom stereocenters. The third kappa shape index (κ3) is 3.27. The lowest BCUT2D eigenvalue weighted by Crippen LogP contribution is -2.51. The Morgan fingerprint density at radius 3 is 3.00 bits per heavy atom. The van der Waals surface area contributed by atoms with Gasteiger partial charge in [-0.2, -0.15) is 0 Å². The van der Waals surface area contributed by atoms with Crippen LogP contribution in [0.3, 0.4) is 0 Å². The molecule has 1 aliphatic rings. The molecule has 1 fully saturated rings. The van der Waals surface area contributed by atoms with Crippen molar-refractivity contribution in [3.63, 3.8) is 0 Å². The number of hydrogen-bond donors (Lipinski definition) is 3. The highest BCUT2D eigenvalue weighted by atomic mass is 16.3. The van der Waals surface area contributed by atoms with Crippen molar-refractivity contribution in [2.24, 2.45) is 0 Å². The number of aliphatic hydroxyl groups is 2. The highest BCUT2D eigenvalue weighted by Gasteiger charge is 2.31. The molecule has 5 nitrogen and oxygen atoms in total. The minimum atomic E-state index is -0.864. The first-order valence-electron chi connectivity index (χ1n) is 6.21. The minimum absolute atomic E-state index is 0.152. The number of nitrogens with zero attached hydrogens (tertiary/aromatic N) is 1. The molecule has 0 aromatic carbocycles. The number of aromatic nitrogens is 1. The van der Waals surface area contributed by atoms with Crippen LogP contribution in [0.5, 0.6) is 0 Å². The minimum Gasteiger partial charge on any atom is -0.390 e. The largest absolute Gasteiger partial charge is 0.390 e. The summed E-state index contributed by atoms with van der Waals surface area (Å²) in [6, 6.07) is 3.26. The summed E-state index contributed by atoms with van der Waals surface area (Å²) in [6.07, 6.45) is 4.06. The molecule has 0 aliphatic heterocycles. The average Bonchev–Trinajstić information content (AvgIpc) is 2.36. The Balaban J connectivity index is 1.87. The van der Waals surface area contributed by atoms with Crippen molar-refractivity contribution >= 4 is 5.91 Å². The van der Waals surface area contributed by atoms with Crippen molar-refractivity contribution < 1.29 is 15.0 Å². The maximum Gasteiger partial charge on any atom is 0.224 e. The van der Waals surface area contributed by atoms with Gasteiger partial charge in [0.15, 0.2) is 0 Å². The molecule has 1 saturated carbocycles. The molecule has 0 bridgehead atoms. The van der Waals surface area contributed by atoms with Gasteiger partial charge in [0, 0.05) is 12.4 Å². The van der Waals surface area contributed by atoms with Gasteiger partial charge in [-0.25, -0.2) is 0 Å².